The fourth-order valence-electron chi connectivity index (χ4n) is 5.56. The number of likely N-dealkylation sites (tertiary alicyclic amines) is 1. The summed E-state index contributed by atoms with van der Waals surface area (Å²) in [6, 6.07) is 33.0. The number of benzene rings is 3. The largest absolute Gasteiger partial charge is 0.348 e. The number of nitrogens with zero attached hydrogens (tertiary/aromatic N) is 2. The second kappa shape index (κ2) is 10.9. The van der Waals surface area contributed by atoms with E-state index < -0.39 is 0 Å². The van der Waals surface area contributed by atoms with Crippen LogP contribution in [0.15, 0.2) is 102 Å². The van der Waals surface area contributed by atoms with Gasteiger partial charge in [0, 0.05) is 21.9 Å². The molecule has 1 fully saturated rings. The van der Waals surface area contributed by atoms with Crippen LogP contribution in [0.4, 0.5) is 0 Å². The predicted molar refractivity (Wildman–Crippen MR) is 157 cm³/mol. The maximum atomic E-state index is 13.8. The van der Waals surface area contributed by atoms with Crippen molar-refractivity contribution in [3.05, 3.63) is 113 Å². The zero-order valence-corrected chi connectivity index (χ0v) is 22.3. The number of carbonyl (C=O) groups excluding carboxylic acids is 1. The molecule has 0 aliphatic carbocycles. The van der Waals surface area contributed by atoms with Crippen LogP contribution in [0.5, 0.6) is 0 Å². The van der Waals surface area contributed by atoms with Crippen LogP contribution in [0, 0.1) is 0 Å². The van der Waals surface area contributed by atoms with Crippen molar-refractivity contribution in [1.29, 1.82) is 0 Å². The highest BCUT2D eigenvalue weighted by Crippen LogP contribution is 2.32. The quantitative estimate of drug-likeness (QED) is 0.242. The molecule has 6 rings (SSSR count). The third-order valence-electron chi connectivity index (χ3n) is 7.45. The third kappa shape index (κ3) is 5.00. The van der Waals surface area contributed by atoms with Crippen LogP contribution in [-0.4, -0.2) is 34.9 Å². The summed E-state index contributed by atoms with van der Waals surface area (Å²) in [5.41, 5.74) is 5.61. The summed E-state index contributed by atoms with van der Waals surface area (Å²) in [5, 5.41) is 6.36. The van der Waals surface area contributed by atoms with Crippen LogP contribution in [-0.2, 0) is 0 Å². The van der Waals surface area contributed by atoms with Gasteiger partial charge in [0.05, 0.1) is 22.8 Å². The standard InChI is InChI=1S/C33H31N3OS/c1-23(32(31-14-9-21-38-31)36-19-7-8-20-36)34-33(37)28-22-30(35-29-13-6-5-12-27(28)29)26-17-15-25(16-18-26)24-10-3-2-4-11-24/h2-6,9-18,21-23,32H,7-8,19-20H2,1H3,(H,34,37)/t23-,32-/m1/s1. The van der Waals surface area contributed by atoms with Crippen LogP contribution < -0.4 is 5.32 Å². The Morgan fingerprint density at radius 3 is 2.26 bits per heavy atom. The van der Waals surface area contributed by atoms with Crippen molar-refractivity contribution in [3.63, 3.8) is 0 Å². The first kappa shape index (κ1) is 24.5. The smallest absolute Gasteiger partial charge is 0.252 e. The van der Waals surface area contributed by atoms with E-state index in [1.165, 1.54) is 23.3 Å². The first-order valence-electron chi connectivity index (χ1n) is 13.3. The maximum Gasteiger partial charge on any atom is 0.252 e. The Labute approximate surface area is 228 Å². The molecule has 1 amide bonds. The minimum absolute atomic E-state index is 0.0280. The van der Waals surface area contributed by atoms with Gasteiger partial charge in [-0.2, -0.15) is 0 Å². The van der Waals surface area contributed by atoms with Gasteiger partial charge in [-0.25, -0.2) is 4.98 Å². The van der Waals surface area contributed by atoms with Gasteiger partial charge in [-0.1, -0.05) is 78.9 Å². The SMILES string of the molecule is C[C@@H](NC(=O)c1cc(-c2ccc(-c3ccccc3)cc2)nc2ccccc12)[C@H](c1cccs1)N1CCCC1. The summed E-state index contributed by atoms with van der Waals surface area (Å²) in [7, 11) is 0. The van der Waals surface area contributed by atoms with E-state index in [0.717, 1.165) is 40.8 Å². The van der Waals surface area contributed by atoms with Crippen LogP contribution in [0.2, 0.25) is 0 Å². The van der Waals surface area contributed by atoms with Crippen molar-refractivity contribution >= 4 is 28.1 Å². The van der Waals surface area contributed by atoms with Gasteiger partial charge < -0.3 is 5.32 Å². The lowest BCUT2D eigenvalue weighted by Gasteiger charge is -2.32. The van der Waals surface area contributed by atoms with Crippen molar-refractivity contribution in [1.82, 2.24) is 15.2 Å². The van der Waals surface area contributed by atoms with Gasteiger partial charge in [0.1, 0.15) is 0 Å². The number of hydrogen-bond donors (Lipinski definition) is 1. The molecule has 0 saturated carbocycles. The molecular weight excluding hydrogens is 486 g/mol. The Balaban J connectivity index is 1.32. The number of carbonyl (C=O) groups is 1. The van der Waals surface area contributed by atoms with Crippen LogP contribution >= 0.6 is 11.3 Å². The summed E-state index contributed by atoms with van der Waals surface area (Å²) < 4.78 is 0. The lowest BCUT2D eigenvalue weighted by molar-refractivity contribution is 0.0909. The number of fused-ring (bicyclic) bond motifs is 1. The third-order valence-corrected chi connectivity index (χ3v) is 8.39. The summed E-state index contributed by atoms with van der Waals surface area (Å²) in [4.78, 5) is 22.6. The fraction of sp³-hybridized carbons (Fsp3) is 0.212. The van der Waals surface area contributed by atoms with Crippen LogP contribution in [0.25, 0.3) is 33.3 Å². The molecule has 0 radical (unpaired) electrons. The summed E-state index contributed by atoms with van der Waals surface area (Å²) >= 11 is 1.77. The Morgan fingerprint density at radius 1 is 0.842 bits per heavy atom. The molecule has 2 atom stereocenters. The first-order chi connectivity index (χ1) is 18.7. The zero-order valence-electron chi connectivity index (χ0n) is 21.5. The molecule has 5 aromatic rings. The Hall–Kier alpha value is -3.80. The molecule has 3 aromatic carbocycles. The number of amides is 1. The summed E-state index contributed by atoms with van der Waals surface area (Å²) in [5.74, 6) is -0.0565. The first-order valence-corrected chi connectivity index (χ1v) is 14.2. The van der Waals surface area contributed by atoms with Gasteiger partial charge >= 0.3 is 0 Å². The van der Waals surface area contributed by atoms with Crippen molar-refractivity contribution in [2.75, 3.05) is 13.1 Å². The lowest BCUT2D eigenvalue weighted by atomic mass is 10.00. The van der Waals surface area contributed by atoms with E-state index in [2.05, 4.69) is 71.1 Å². The second-order valence-corrected chi connectivity index (χ2v) is 11.0. The van der Waals surface area contributed by atoms with Gasteiger partial charge in [0.25, 0.3) is 5.91 Å². The average molecular weight is 518 g/mol. The van der Waals surface area contributed by atoms with E-state index in [9.17, 15) is 4.79 Å². The average Bonchev–Trinajstić information content (AvgIpc) is 3.69. The van der Waals surface area contributed by atoms with E-state index in [1.807, 2.05) is 48.5 Å². The van der Waals surface area contributed by atoms with Gasteiger partial charge in [-0.15, -0.1) is 11.3 Å². The molecule has 1 aliphatic heterocycles. The molecule has 1 aliphatic rings. The Kier molecular flexibility index (Phi) is 7.04. The molecule has 38 heavy (non-hydrogen) atoms. The molecule has 5 heteroatoms. The van der Waals surface area contributed by atoms with Gasteiger partial charge in [0.15, 0.2) is 0 Å². The zero-order chi connectivity index (χ0) is 25.9. The number of thiophene rings is 1. The molecule has 1 N–H and O–H groups in total. The van der Waals surface area contributed by atoms with Gasteiger partial charge in [0.2, 0.25) is 0 Å². The van der Waals surface area contributed by atoms with E-state index in [0.29, 0.717) is 5.56 Å². The minimum atomic E-state index is -0.0565. The van der Waals surface area contributed by atoms with Crippen LogP contribution in [0.3, 0.4) is 0 Å². The minimum Gasteiger partial charge on any atom is -0.348 e. The van der Waals surface area contributed by atoms with Crippen molar-refractivity contribution in [2.24, 2.45) is 0 Å². The molecule has 4 nitrogen and oxygen atoms in total. The molecule has 0 unspecified atom stereocenters. The van der Waals surface area contributed by atoms with Gasteiger partial charge in [-0.3, -0.25) is 9.69 Å². The van der Waals surface area contributed by atoms with E-state index in [4.69, 9.17) is 4.98 Å². The number of pyridine rings is 1. The molecule has 1 saturated heterocycles. The number of hydrogen-bond acceptors (Lipinski definition) is 4. The van der Waals surface area contributed by atoms with E-state index in [-0.39, 0.29) is 18.0 Å². The molecule has 0 spiro atoms. The highest BCUT2D eigenvalue weighted by molar-refractivity contribution is 7.10. The normalized spacial score (nSPS) is 15.4. The highest BCUT2D eigenvalue weighted by Gasteiger charge is 2.30. The topological polar surface area (TPSA) is 45.2 Å². The van der Waals surface area contributed by atoms with E-state index in [1.54, 1.807) is 11.3 Å². The predicted octanol–water partition coefficient (Wildman–Crippen LogP) is 7.59. The fourth-order valence-corrected chi connectivity index (χ4v) is 6.52. The van der Waals surface area contributed by atoms with Crippen molar-refractivity contribution < 1.29 is 4.79 Å². The number of rotatable bonds is 7. The Morgan fingerprint density at radius 2 is 1.53 bits per heavy atom. The van der Waals surface area contributed by atoms with Crippen LogP contribution in [0.1, 0.15) is 41.0 Å². The highest BCUT2D eigenvalue weighted by atomic mass is 32.1. The van der Waals surface area contributed by atoms with Crippen molar-refractivity contribution in [2.45, 2.75) is 31.8 Å². The number of nitrogens with one attached hydrogen (secondary N) is 1. The lowest BCUT2D eigenvalue weighted by Crippen LogP contribution is -2.43. The van der Waals surface area contributed by atoms with E-state index >= 15 is 0 Å². The summed E-state index contributed by atoms with van der Waals surface area (Å²) in [6.45, 7) is 4.28. The number of para-hydroxylation sites is 1. The second-order valence-electron chi connectivity index (χ2n) is 9.98. The number of aromatic nitrogens is 1. The van der Waals surface area contributed by atoms with Gasteiger partial charge in [-0.05, 0) is 67.6 Å². The molecule has 0 bridgehead atoms. The summed E-state index contributed by atoms with van der Waals surface area (Å²) in [6.07, 6.45) is 2.42. The van der Waals surface area contributed by atoms with Crippen molar-refractivity contribution in [3.8, 4) is 22.4 Å². The monoisotopic (exact) mass is 517 g/mol. The maximum absolute atomic E-state index is 13.8. The molecule has 3 heterocycles. The molecule has 2 aromatic heterocycles. The molecule has 190 valence electrons. The Bertz CT molecular complexity index is 1520. The molecular formula is C33H31N3OS.